The zero-order valence-electron chi connectivity index (χ0n) is 8.66. The van der Waals surface area contributed by atoms with Gasteiger partial charge in [-0.05, 0) is 19.4 Å². The lowest BCUT2D eigenvalue weighted by Gasteiger charge is -2.02. The van der Waals surface area contributed by atoms with Crippen LogP contribution in [-0.2, 0) is 4.74 Å². The molecule has 2 rings (SSSR count). The van der Waals surface area contributed by atoms with Crippen molar-refractivity contribution in [3.63, 3.8) is 0 Å². The summed E-state index contributed by atoms with van der Waals surface area (Å²) in [6.07, 6.45) is 1.21. The minimum absolute atomic E-state index is 0.154. The van der Waals surface area contributed by atoms with E-state index < -0.39 is 0 Å². The quantitative estimate of drug-likeness (QED) is 0.701. The second kappa shape index (κ2) is 3.82. The summed E-state index contributed by atoms with van der Waals surface area (Å²) in [5, 5.41) is 0. The fraction of sp³-hybridized carbons (Fsp3) is 0.417. The Bertz CT molecular complexity index is 357. The molecule has 0 amide bonds. The molecular formula is C12H15NO. The highest BCUT2D eigenvalue weighted by Crippen LogP contribution is 2.30. The van der Waals surface area contributed by atoms with Crippen LogP contribution in [0.2, 0.25) is 0 Å². The number of fused-ring (bicyclic) bond motifs is 1. The molecule has 0 aliphatic carbocycles. The maximum Gasteiger partial charge on any atom is 0.217 e. The Morgan fingerprint density at radius 3 is 2.93 bits per heavy atom. The van der Waals surface area contributed by atoms with E-state index >= 15 is 0 Å². The SMILES string of the molecule is CCCN=C1OC(C)c2ccccc21. The minimum atomic E-state index is 0.154. The number of ether oxygens (including phenoxy) is 1. The predicted octanol–water partition coefficient (Wildman–Crippen LogP) is 2.93. The van der Waals surface area contributed by atoms with Crippen molar-refractivity contribution in [1.82, 2.24) is 0 Å². The standard InChI is InChI=1S/C12H15NO/c1-3-8-13-12-11-7-5-4-6-10(11)9(2)14-12/h4-7,9H,3,8H2,1-2H3. The van der Waals surface area contributed by atoms with E-state index in [0.29, 0.717) is 0 Å². The molecule has 0 fully saturated rings. The summed E-state index contributed by atoms with van der Waals surface area (Å²) in [7, 11) is 0. The normalized spacial score (nSPS) is 22.1. The van der Waals surface area contributed by atoms with Crippen molar-refractivity contribution in [3.05, 3.63) is 35.4 Å². The van der Waals surface area contributed by atoms with Gasteiger partial charge in [0.15, 0.2) is 0 Å². The molecule has 1 atom stereocenters. The van der Waals surface area contributed by atoms with Gasteiger partial charge in [0.25, 0.3) is 0 Å². The van der Waals surface area contributed by atoms with Gasteiger partial charge in [-0.2, -0.15) is 0 Å². The first-order valence-corrected chi connectivity index (χ1v) is 5.13. The predicted molar refractivity (Wildman–Crippen MR) is 57.6 cm³/mol. The van der Waals surface area contributed by atoms with Crippen molar-refractivity contribution in [2.45, 2.75) is 26.4 Å². The highest BCUT2D eigenvalue weighted by molar-refractivity contribution is 5.98. The summed E-state index contributed by atoms with van der Waals surface area (Å²) in [5.74, 6) is 0.815. The van der Waals surface area contributed by atoms with Crippen molar-refractivity contribution >= 4 is 5.90 Å². The molecule has 14 heavy (non-hydrogen) atoms. The molecule has 2 nitrogen and oxygen atoms in total. The number of nitrogens with zero attached hydrogens (tertiary/aromatic N) is 1. The van der Waals surface area contributed by atoms with Crippen LogP contribution in [-0.4, -0.2) is 12.4 Å². The average molecular weight is 189 g/mol. The first-order valence-electron chi connectivity index (χ1n) is 5.13. The fourth-order valence-electron chi connectivity index (χ4n) is 1.68. The molecule has 1 aromatic carbocycles. The lowest BCUT2D eigenvalue weighted by atomic mass is 10.1. The zero-order valence-corrected chi connectivity index (χ0v) is 8.66. The van der Waals surface area contributed by atoms with Gasteiger partial charge in [0.1, 0.15) is 6.10 Å². The second-order valence-corrected chi connectivity index (χ2v) is 3.53. The lowest BCUT2D eigenvalue weighted by molar-refractivity contribution is 0.230. The summed E-state index contributed by atoms with van der Waals surface area (Å²) in [6, 6.07) is 8.25. The van der Waals surface area contributed by atoms with Crippen LogP contribution in [0, 0.1) is 0 Å². The van der Waals surface area contributed by atoms with Gasteiger partial charge < -0.3 is 4.74 Å². The number of hydrogen-bond donors (Lipinski definition) is 0. The van der Waals surface area contributed by atoms with Crippen LogP contribution in [0.3, 0.4) is 0 Å². The second-order valence-electron chi connectivity index (χ2n) is 3.53. The number of aliphatic imine (C=N–C) groups is 1. The molecule has 0 N–H and O–H groups in total. The molecule has 2 heteroatoms. The van der Waals surface area contributed by atoms with Crippen molar-refractivity contribution in [3.8, 4) is 0 Å². The first kappa shape index (κ1) is 9.25. The van der Waals surface area contributed by atoms with Crippen LogP contribution in [0.4, 0.5) is 0 Å². The van der Waals surface area contributed by atoms with E-state index in [1.54, 1.807) is 0 Å². The number of benzene rings is 1. The molecule has 0 saturated carbocycles. The summed E-state index contributed by atoms with van der Waals surface area (Å²) in [4.78, 5) is 4.43. The Labute approximate surface area is 84.6 Å². The molecule has 1 unspecified atom stereocenters. The molecule has 1 aliphatic rings. The van der Waals surface area contributed by atoms with Crippen LogP contribution < -0.4 is 0 Å². The minimum Gasteiger partial charge on any atom is -0.470 e. The number of hydrogen-bond acceptors (Lipinski definition) is 2. The lowest BCUT2D eigenvalue weighted by Crippen LogP contribution is -1.99. The Morgan fingerprint density at radius 1 is 1.36 bits per heavy atom. The van der Waals surface area contributed by atoms with E-state index in [2.05, 4.69) is 31.0 Å². The van der Waals surface area contributed by atoms with Crippen LogP contribution in [0.5, 0.6) is 0 Å². The average Bonchev–Trinajstić information content (AvgIpc) is 2.54. The zero-order chi connectivity index (χ0) is 9.97. The Hall–Kier alpha value is -1.31. The van der Waals surface area contributed by atoms with Gasteiger partial charge in [0.05, 0.1) is 0 Å². The Balaban J connectivity index is 2.34. The van der Waals surface area contributed by atoms with E-state index in [9.17, 15) is 0 Å². The monoisotopic (exact) mass is 189 g/mol. The fourth-order valence-corrected chi connectivity index (χ4v) is 1.68. The molecule has 0 saturated heterocycles. The molecule has 0 radical (unpaired) electrons. The van der Waals surface area contributed by atoms with Gasteiger partial charge >= 0.3 is 0 Å². The Morgan fingerprint density at radius 2 is 2.14 bits per heavy atom. The van der Waals surface area contributed by atoms with Gasteiger partial charge in [0.2, 0.25) is 5.90 Å². The Kier molecular flexibility index (Phi) is 2.53. The topological polar surface area (TPSA) is 21.6 Å². The van der Waals surface area contributed by atoms with Crippen molar-refractivity contribution in [1.29, 1.82) is 0 Å². The molecule has 1 aromatic rings. The maximum absolute atomic E-state index is 5.68. The van der Waals surface area contributed by atoms with Gasteiger partial charge in [-0.1, -0.05) is 25.1 Å². The first-order chi connectivity index (χ1) is 6.83. The molecule has 0 bridgehead atoms. The van der Waals surface area contributed by atoms with Gasteiger partial charge in [-0.25, -0.2) is 0 Å². The molecule has 74 valence electrons. The third kappa shape index (κ3) is 1.52. The summed E-state index contributed by atoms with van der Waals surface area (Å²) in [6.45, 7) is 5.03. The molecule has 0 spiro atoms. The highest BCUT2D eigenvalue weighted by Gasteiger charge is 2.24. The van der Waals surface area contributed by atoms with Crippen LogP contribution in [0.25, 0.3) is 0 Å². The third-order valence-electron chi connectivity index (χ3n) is 2.40. The summed E-state index contributed by atoms with van der Waals surface area (Å²) in [5.41, 5.74) is 2.41. The van der Waals surface area contributed by atoms with E-state index in [4.69, 9.17) is 4.74 Å². The van der Waals surface area contributed by atoms with E-state index in [1.807, 2.05) is 12.1 Å². The van der Waals surface area contributed by atoms with Gasteiger partial charge in [0, 0.05) is 17.7 Å². The molecule has 0 aromatic heterocycles. The van der Waals surface area contributed by atoms with Crippen LogP contribution in [0.15, 0.2) is 29.3 Å². The van der Waals surface area contributed by atoms with Gasteiger partial charge in [-0.3, -0.25) is 4.99 Å². The third-order valence-corrected chi connectivity index (χ3v) is 2.40. The maximum atomic E-state index is 5.68. The van der Waals surface area contributed by atoms with Crippen LogP contribution >= 0.6 is 0 Å². The highest BCUT2D eigenvalue weighted by atomic mass is 16.5. The molecule has 1 heterocycles. The summed E-state index contributed by atoms with van der Waals surface area (Å²) >= 11 is 0. The summed E-state index contributed by atoms with van der Waals surface area (Å²) < 4.78 is 5.68. The van der Waals surface area contributed by atoms with E-state index in [1.165, 1.54) is 5.56 Å². The van der Waals surface area contributed by atoms with Crippen LogP contribution in [0.1, 0.15) is 37.5 Å². The molecular weight excluding hydrogens is 174 g/mol. The molecule has 1 aliphatic heterocycles. The van der Waals surface area contributed by atoms with E-state index in [0.717, 1.165) is 24.4 Å². The van der Waals surface area contributed by atoms with Crippen molar-refractivity contribution < 1.29 is 4.74 Å². The smallest absolute Gasteiger partial charge is 0.217 e. The van der Waals surface area contributed by atoms with Crippen molar-refractivity contribution in [2.24, 2.45) is 4.99 Å². The number of rotatable bonds is 2. The largest absolute Gasteiger partial charge is 0.470 e. The van der Waals surface area contributed by atoms with Gasteiger partial charge in [-0.15, -0.1) is 0 Å². The van der Waals surface area contributed by atoms with Crippen molar-refractivity contribution in [2.75, 3.05) is 6.54 Å². The van der Waals surface area contributed by atoms with E-state index in [-0.39, 0.29) is 6.10 Å².